The maximum absolute atomic E-state index is 12.0. The Kier molecular flexibility index (Phi) is 2.95. The molecule has 0 bridgehead atoms. The molecule has 2 aromatic carbocycles. The van der Waals surface area contributed by atoms with Gasteiger partial charge >= 0.3 is 0 Å². The zero-order valence-corrected chi connectivity index (χ0v) is 10.6. The predicted molar refractivity (Wildman–Crippen MR) is 76.1 cm³/mol. The molecule has 0 spiro atoms. The molecule has 3 rings (SSSR count). The molecule has 2 aromatic rings. The third-order valence-corrected chi connectivity index (χ3v) is 3.62. The summed E-state index contributed by atoms with van der Waals surface area (Å²) in [5, 5.41) is 2.97. The molecule has 19 heavy (non-hydrogen) atoms. The number of carbonyl (C=O) groups excluding carboxylic acids is 1. The van der Waals surface area contributed by atoms with Crippen LogP contribution in [0.3, 0.4) is 0 Å². The van der Waals surface area contributed by atoms with Crippen molar-refractivity contribution >= 4 is 11.6 Å². The van der Waals surface area contributed by atoms with E-state index in [0.29, 0.717) is 23.7 Å². The molecule has 0 heterocycles. The fraction of sp³-hybridized carbons (Fsp3) is 0.188. The second-order valence-electron chi connectivity index (χ2n) is 4.94. The van der Waals surface area contributed by atoms with Crippen LogP contribution in [0.2, 0.25) is 0 Å². The van der Waals surface area contributed by atoms with Crippen molar-refractivity contribution in [3.8, 4) is 0 Å². The second-order valence-corrected chi connectivity index (χ2v) is 4.94. The molecule has 1 aliphatic carbocycles. The molecule has 1 aliphatic rings. The minimum absolute atomic E-state index is 0.0586. The van der Waals surface area contributed by atoms with Gasteiger partial charge in [0.25, 0.3) is 5.91 Å². The standard InChI is InChI=1S/C16H16N2O/c17-14-6-3-5-12(9-14)16(19)18-10-13-8-11-4-1-2-7-15(11)13/h1-7,9,13H,8,10,17H2,(H,18,19). The van der Waals surface area contributed by atoms with Crippen LogP contribution in [0, 0.1) is 0 Å². The summed E-state index contributed by atoms with van der Waals surface area (Å²) in [5.74, 6) is 0.387. The van der Waals surface area contributed by atoms with Crippen molar-refractivity contribution in [3.63, 3.8) is 0 Å². The van der Waals surface area contributed by atoms with Crippen LogP contribution < -0.4 is 11.1 Å². The molecule has 0 fully saturated rings. The average molecular weight is 252 g/mol. The van der Waals surface area contributed by atoms with E-state index in [1.807, 2.05) is 6.07 Å². The molecule has 3 heteroatoms. The Morgan fingerprint density at radius 2 is 2.05 bits per heavy atom. The van der Waals surface area contributed by atoms with Crippen LogP contribution in [-0.4, -0.2) is 12.5 Å². The van der Waals surface area contributed by atoms with Gasteiger partial charge in [0.1, 0.15) is 0 Å². The van der Waals surface area contributed by atoms with Gasteiger partial charge in [0.15, 0.2) is 0 Å². The van der Waals surface area contributed by atoms with Crippen LogP contribution >= 0.6 is 0 Å². The first-order valence-electron chi connectivity index (χ1n) is 6.45. The molecule has 1 unspecified atom stereocenters. The van der Waals surface area contributed by atoms with E-state index in [1.165, 1.54) is 11.1 Å². The van der Waals surface area contributed by atoms with E-state index >= 15 is 0 Å². The lowest BCUT2D eigenvalue weighted by molar-refractivity contribution is 0.0950. The maximum atomic E-state index is 12.0. The average Bonchev–Trinajstić information content (AvgIpc) is 2.39. The number of benzene rings is 2. The minimum Gasteiger partial charge on any atom is -0.399 e. The van der Waals surface area contributed by atoms with Gasteiger partial charge in [-0.05, 0) is 35.7 Å². The molecular weight excluding hydrogens is 236 g/mol. The van der Waals surface area contributed by atoms with Gasteiger partial charge in [-0.3, -0.25) is 4.79 Å². The van der Waals surface area contributed by atoms with Gasteiger partial charge in [0.2, 0.25) is 0 Å². The van der Waals surface area contributed by atoms with Crippen LogP contribution in [0.4, 0.5) is 5.69 Å². The summed E-state index contributed by atoms with van der Waals surface area (Å²) in [4.78, 5) is 12.0. The Morgan fingerprint density at radius 3 is 2.84 bits per heavy atom. The van der Waals surface area contributed by atoms with Crippen LogP contribution in [0.5, 0.6) is 0 Å². The summed E-state index contributed by atoms with van der Waals surface area (Å²) in [6, 6.07) is 15.4. The molecule has 1 atom stereocenters. The highest BCUT2D eigenvalue weighted by Gasteiger charge is 2.25. The lowest BCUT2D eigenvalue weighted by Gasteiger charge is -2.30. The molecule has 1 amide bonds. The van der Waals surface area contributed by atoms with E-state index in [2.05, 4.69) is 23.5 Å². The predicted octanol–water partition coefficient (Wildman–Crippen LogP) is 2.34. The van der Waals surface area contributed by atoms with Crippen molar-refractivity contribution in [3.05, 3.63) is 65.2 Å². The number of anilines is 1. The molecule has 0 aliphatic heterocycles. The van der Waals surface area contributed by atoms with E-state index in [4.69, 9.17) is 5.73 Å². The van der Waals surface area contributed by atoms with Gasteiger partial charge in [-0.25, -0.2) is 0 Å². The number of amides is 1. The third kappa shape index (κ3) is 2.32. The lowest BCUT2D eigenvalue weighted by atomic mass is 9.77. The van der Waals surface area contributed by atoms with E-state index in [9.17, 15) is 4.79 Å². The van der Waals surface area contributed by atoms with Crippen molar-refractivity contribution < 1.29 is 4.79 Å². The van der Waals surface area contributed by atoms with Crippen LogP contribution in [0.15, 0.2) is 48.5 Å². The normalized spacial score (nSPS) is 16.3. The summed E-state index contributed by atoms with van der Waals surface area (Å²) in [6.45, 7) is 0.685. The largest absolute Gasteiger partial charge is 0.399 e. The molecule has 0 aromatic heterocycles. The SMILES string of the molecule is Nc1cccc(C(=O)NCC2Cc3ccccc32)c1. The number of rotatable bonds is 3. The lowest BCUT2D eigenvalue weighted by Crippen LogP contribution is -2.33. The number of hydrogen-bond acceptors (Lipinski definition) is 2. The van der Waals surface area contributed by atoms with Gasteiger partial charge < -0.3 is 11.1 Å². The molecule has 96 valence electrons. The van der Waals surface area contributed by atoms with Crippen molar-refractivity contribution in [2.45, 2.75) is 12.3 Å². The van der Waals surface area contributed by atoms with E-state index in [1.54, 1.807) is 24.3 Å². The Bertz CT molecular complexity index is 622. The van der Waals surface area contributed by atoms with E-state index in [0.717, 1.165) is 6.42 Å². The molecule has 0 saturated heterocycles. The van der Waals surface area contributed by atoms with E-state index < -0.39 is 0 Å². The third-order valence-electron chi connectivity index (χ3n) is 3.62. The smallest absolute Gasteiger partial charge is 0.251 e. The molecule has 0 radical (unpaired) electrons. The Labute approximate surface area is 112 Å². The number of nitrogen functional groups attached to an aromatic ring is 1. The fourth-order valence-electron chi connectivity index (χ4n) is 2.54. The molecule has 0 saturated carbocycles. The van der Waals surface area contributed by atoms with Gasteiger partial charge in [-0.1, -0.05) is 30.3 Å². The Morgan fingerprint density at radius 1 is 1.21 bits per heavy atom. The van der Waals surface area contributed by atoms with E-state index in [-0.39, 0.29) is 5.91 Å². The quantitative estimate of drug-likeness (QED) is 0.824. The zero-order valence-electron chi connectivity index (χ0n) is 10.6. The van der Waals surface area contributed by atoms with Crippen LogP contribution in [-0.2, 0) is 6.42 Å². The zero-order chi connectivity index (χ0) is 13.2. The summed E-state index contributed by atoms with van der Waals surface area (Å²) in [7, 11) is 0. The topological polar surface area (TPSA) is 55.1 Å². The van der Waals surface area contributed by atoms with Crippen molar-refractivity contribution in [2.75, 3.05) is 12.3 Å². The van der Waals surface area contributed by atoms with Gasteiger partial charge in [0, 0.05) is 23.7 Å². The second kappa shape index (κ2) is 4.76. The molecule has 3 nitrogen and oxygen atoms in total. The highest BCUT2D eigenvalue weighted by Crippen LogP contribution is 2.33. The Hall–Kier alpha value is -2.29. The van der Waals surface area contributed by atoms with Crippen LogP contribution in [0.1, 0.15) is 27.4 Å². The minimum atomic E-state index is -0.0586. The maximum Gasteiger partial charge on any atom is 0.251 e. The monoisotopic (exact) mass is 252 g/mol. The first-order valence-corrected chi connectivity index (χ1v) is 6.45. The number of hydrogen-bond donors (Lipinski definition) is 2. The van der Waals surface area contributed by atoms with Crippen molar-refractivity contribution in [1.29, 1.82) is 0 Å². The number of nitrogens with one attached hydrogen (secondary N) is 1. The first kappa shape index (κ1) is 11.8. The van der Waals surface area contributed by atoms with Gasteiger partial charge in [0.05, 0.1) is 0 Å². The summed E-state index contributed by atoms with van der Waals surface area (Å²) in [5.41, 5.74) is 9.65. The highest BCUT2D eigenvalue weighted by atomic mass is 16.1. The fourth-order valence-corrected chi connectivity index (χ4v) is 2.54. The first-order chi connectivity index (χ1) is 9.24. The van der Waals surface area contributed by atoms with Crippen LogP contribution in [0.25, 0.3) is 0 Å². The number of fused-ring (bicyclic) bond motifs is 1. The molecule has 3 N–H and O–H groups in total. The molecular formula is C16H16N2O. The highest BCUT2D eigenvalue weighted by molar-refractivity contribution is 5.95. The Balaban J connectivity index is 1.61. The number of nitrogens with two attached hydrogens (primary N) is 1. The summed E-state index contributed by atoms with van der Waals surface area (Å²) < 4.78 is 0. The summed E-state index contributed by atoms with van der Waals surface area (Å²) >= 11 is 0. The van der Waals surface area contributed by atoms with Crippen molar-refractivity contribution in [1.82, 2.24) is 5.32 Å². The summed E-state index contributed by atoms with van der Waals surface area (Å²) in [6.07, 6.45) is 1.05. The van der Waals surface area contributed by atoms with Crippen molar-refractivity contribution in [2.24, 2.45) is 0 Å². The van der Waals surface area contributed by atoms with Gasteiger partial charge in [-0.2, -0.15) is 0 Å². The number of carbonyl (C=O) groups is 1. The van der Waals surface area contributed by atoms with Gasteiger partial charge in [-0.15, -0.1) is 0 Å².